The second kappa shape index (κ2) is 6.18. The second-order valence-electron chi connectivity index (χ2n) is 5.32. The smallest absolute Gasteiger partial charge is 0.261 e. The molecule has 1 aliphatic carbocycles. The Bertz CT molecular complexity index is 634. The molecular weight excluding hydrogens is 304 g/mol. The van der Waals surface area contributed by atoms with Crippen LogP contribution in [0, 0.1) is 5.92 Å². The van der Waals surface area contributed by atoms with E-state index in [4.69, 9.17) is 17.3 Å². The molecule has 5 heteroatoms. The van der Waals surface area contributed by atoms with Gasteiger partial charge in [-0.25, -0.2) is 0 Å². The van der Waals surface area contributed by atoms with Gasteiger partial charge in [-0.15, -0.1) is 11.3 Å². The number of carbonyl (C=O) groups excluding carboxylic acids is 1. The van der Waals surface area contributed by atoms with Crippen molar-refractivity contribution < 1.29 is 4.79 Å². The maximum atomic E-state index is 12.3. The van der Waals surface area contributed by atoms with Gasteiger partial charge in [0.15, 0.2) is 0 Å². The molecule has 1 fully saturated rings. The third kappa shape index (κ3) is 3.46. The first-order valence-electron chi connectivity index (χ1n) is 7.04. The Morgan fingerprint density at radius 1 is 1.29 bits per heavy atom. The van der Waals surface area contributed by atoms with E-state index in [9.17, 15) is 4.79 Å². The maximum Gasteiger partial charge on any atom is 0.261 e. The van der Waals surface area contributed by atoms with Crippen LogP contribution in [-0.2, 0) is 0 Å². The van der Waals surface area contributed by atoms with Crippen LogP contribution in [0.25, 0.3) is 10.4 Å². The first kappa shape index (κ1) is 14.6. The van der Waals surface area contributed by atoms with Gasteiger partial charge >= 0.3 is 0 Å². The van der Waals surface area contributed by atoms with Gasteiger partial charge in [0.25, 0.3) is 5.91 Å². The van der Waals surface area contributed by atoms with Crippen molar-refractivity contribution in [2.24, 2.45) is 11.7 Å². The number of halogens is 1. The van der Waals surface area contributed by atoms with Crippen LogP contribution in [0.15, 0.2) is 36.4 Å². The van der Waals surface area contributed by atoms with Crippen LogP contribution in [-0.4, -0.2) is 18.5 Å². The first-order chi connectivity index (χ1) is 10.2. The van der Waals surface area contributed by atoms with Gasteiger partial charge in [-0.05, 0) is 48.6 Å². The van der Waals surface area contributed by atoms with Crippen molar-refractivity contribution in [2.75, 3.05) is 6.54 Å². The van der Waals surface area contributed by atoms with Gasteiger partial charge in [-0.2, -0.15) is 0 Å². The Kier molecular flexibility index (Phi) is 4.29. The highest BCUT2D eigenvalue weighted by Gasteiger charge is 2.31. The van der Waals surface area contributed by atoms with Crippen molar-refractivity contribution in [3.63, 3.8) is 0 Å². The summed E-state index contributed by atoms with van der Waals surface area (Å²) < 4.78 is 0. The standard InChI is InChI=1S/C16H17ClN2OS/c17-12-5-3-11(4-6-12)14-7-8-15(21-14)16(20)19-13(9-18)10-1-2-10/h3-8,10,13H,1-2,9,18H2,(H,19,20). The monoisotopic (exact) mass is 320 g/mol. The predicted octanol–water partition coefficient (Wildman–Crippen LogP) is 3.54. The summed E-state index contributed by atoms with van der Waals surface area (Å²) in [6, 6.07) is 11.6. The van der Waals surface area contributed by atoms with Crippen molar-refractivity contribution in [1.29, 1.82) is 0 Å². The van der Waals surface area contributed by atoms with E-state index in [0.29, 0.717) is 17.5 Å². The summed E-state index contributed by atoms with van der Waals surface area (Å²) in [4.78, 5) is 14.1. The highest BCUT2D eigenvalue weighted by Crippen LogP contribution is 2.33. The Balaban J connectivity index is 1.71. The van der Waals surface area contributed by atoms with Crippen LogP contribution in [0.4, 0.5) is 0 Å². The van der Waals surface area contributed by atoms with Crippen LogP contribution < -0.4 is 11.1 Å². The first-order valence-corrected chi connectivity index (χ1v) is 8.23. The number of nitrogens with one attached hydrogen (secondary N) is 1. The molecule has 0 spiro atoms. The van der Waals surface area contributed by atoms with E-state index in [-0.39, 0.29) is 11.9 Å². The number of nitrogens with two attached hydrogens (primary N) is 1. The lowest BCUT2D eigenvalue weighted by atomic mass is 10.2. The number of hydrogen-bond acceptors (Lipinski definition) is 3. The zero-order valence-corrected chi connectivity index (χ0v) is 13.1. The van der Waals surface area contributed by atoms with Crippen LogP contribution in [0.2, 0.25) is 5.02 Å². The topological polar surface area (TPSA) is 55.1 Å². The Morgan fingerprint density at radius 3 is 2.62 bits per heavy atom. The molecule has 3 nitrogen and oxygen atoms in total. The molecule has 21 heavy (non-hydrogen) atoms. The summed E-state index contributed by atoms with van der Waals surface area (Å²) in [5, 5.41) is 3.76. The fraction of sp³-hybridized carbons (Fsp3) is 0.312. The SMILES string of the molecule is NCC(NC(=O)c1ccc(-c2ccc(Cl)cc2)s1)C1CC1. The summed E-state index contributed by atoms with van der Waals surface area (Å²) in [6.45, 7) is 0.506. The molecule has 0 bridgehead atoms. The van der Waals surface area contributed by atoms with Crippen molar-refractivity contribution in [1.82, 2.24) is 5.32 Å². The van der Waals surface area contributed by atoms with E-state index in [0.717, 1.165) is 15.3 Å². The third-order valence-corrected chi connectivity index (χ3v) is 5.11. The minimum absolute atomic E-state index is 0.0254. The minimum Gasteiger partial charge on any atom is -0.347 e. The lowest BCUT2D eigenvalue weighted by Gasteiger charge is -2.15. The number of hydrogen-bond donors (Lipinski definition) is 2. The maximum absolute atomic E-state index is 12.3. The van der Waals surface area contributed by atoms with Gasteiger partial charge in [0, 0.05) is 22.5 Å². The second-order valence-corrected chi connectivity index (χ2v) is 6.84. The third-order valence-electron chi connectivity index (χ3n) is 3.72. The van der Waals surface area contributed by atoms with E-state index in [1.807, 2.05) is 36.4 Å². The summed E-state index contributed by atoms with van der Waals surface area (Å²) in [5.74, 6) is 0.539. The summed E-state index contributed by atoms with van der Waals surface area (Å²) in [5.41, 5.74) is 6.80. The highest BCUT2D eigenvalue weighted by molar-refractivity contribution is 7.17. The molecule has 1 heterocycles. The molecule has 1 unspecified atom stereocenters. The lowest BCUT2D eigenvalue weighted by molar-refractivity contribution is 0.0937. The zero-order chi connectivity index (χ0) is 14.8. The van der Waals surface area contributed by atoms with E-state index in [1.165, 1.54) is 24.2 Å². The molecule has 1 amide bonds. The molecule has 1 aromatic heterocycles. The van der Waals surface area contributed by atoms with Gasteiger partial charge in [-0.3, -0.25) is 4.79 Å². The molecule has 0 saturated heterocycles. The molecule has 1 aliphatic rings. The molecule has 2 aromatic rings. The molecule has 1 atom stereocenters. The molecule has 3 rings (SSSR count). The van der Waals surface area contributed by atoms with E-state index in [1.54, 1.807) is 0 Å². The zero-order valence-electron chi connectivity index (χ0n) is 11.5. The van der Waals surface area contributed by atoms with E-state index in [2.05, 4.69) is 5.32 Å². The number of thiophene rings is 1. The van der Waals surface area contributed by atoms with Gasteiger partial charge in [0.05, 0.1) is 4.88 Å². The molecule has 0 radical (unpaired) electrons. The summed E-state index contributed by atoms with van der Waals surface area (Å²) in [7, 11) is 0. The predicted molar refractivity (Wildman–Crippen MR) is 87.8 cm³/mol. The van der Waals surface area contributed by atoms with Crippen LogP contribution in [0.5, 0.6) is 0 Å². The Labute approximate surface area is 133 Å². The van der Waals surface area contributed by atoms with Crippen molar-refractivity contribution >= 4 is 28.8 Å². The number of amides is 1. The van der Waals surface area contributed by atoms with Crippen molar-refractivity contribution in [3.05, 3.63) is 46.3 Å². The highest BCUT2D eigenvalue weighted by atomic mass is 35.5. The minimum atomic E-state index is -0.0254. The quantitative estimate of drug-likeness (QED) is 0.885. The largest absolute Gasteiger partial charge is 0.347 e. The average Bonchev–Trinajstić information content (AvgIpc) is 3.21. The lowest BCUT2D eigenvalue weighted by Crippen LogP contribution is -2.41. The van der Waals surface area contributed by atoms with Crippen LogP contribution in [0.3, 0.4) is 0 Å². The van der Waals surface area contributed by atoms with Crippen LogP contribution >= 0.6 is 22.9 Å². The molecular formula is C16H17ClN2OS. The Morgan fingerprint density at radius 2 is 2.00 bits per heavy atom. The molecule has 1 aromatic carbocycles. The Hall–Kier alpha value is -1.36. The number of carbonyl (C=O) groups is 1. The van der Waals surface area contributed by atoms with Crippen molar-refractivity contribution in [3.8, 4) is 10.4 Å². The van der Waals surface area contributed by atoms with Gasteiger partial charge < -0.3 is 11.1 Å². The van der Waals surface area contributed by atoms with Crippen LogP contribution in [0.1, 0.15) is 22.5 Å². The van der Waals surface area contributed by atoms with Gasteiger partial charge in [-0.1, -0.05) is 23.7 Å². The fourth-order valence-corrected chi connectivity index (χ4v) is 3.38. The van der Waals surface area contributed by atoms with Gasteiger partial charge in [0.1, 0.15) is 0 Å². The molecule has 110 valence electrons. The number of rotatable bonds is 5. The summed E-state index contributed by atoms with van der Waals surface area (Å²) >= 11 is 7.38. The summed E-state index contributed by atoms with van der Waals surface area (Å²) in [6.07, 6.45) is 2.34. The normalized spacial score (nSPS) is 15.7. The van der Waals surface area contributed by atoms with E-state index >= 15 is 0 Å². The van der Waals surface area contributed by atoms with E-state index < -0.39 is 0 Å². The molecule has 0 aliphatic heterocycles. The average molecular weight is 321 g/mol. The molecule has 3 N–H and O–H groups in total. The number of benzene rings is 1. The fourth-order valence-electron chi connectivity index (χ4n) is 2.34. The van der Waals surface area contributed by atoms with Crippen molar-refractivity contribution in [2.45, 2.75) is 18.9 Å². The molecule has 1 saturated carbocycles. The van der Waals surface area contributed by atoms with Gasteiger partial charge in [0.2, 0.25) is 0 Å².